The van der Waals surface area contributed by atoms with E-state index in [1.807, 2.05) is 62.4 Å². The van der Waals surface area contributed by atoms with Gasteiger partial charge in [0.2, 0.25) is 5.91 Å². The Labute approximate surface area is 220 Å². The second-order valence-electron chi connectivity index (χ2n) is 8.46. The van der Waals surface area contributed by atoms with E-state index in [4.69, 9.17) is 9.15 Å². The molecule has 0 saturated heterocycles. The first-order chi connectivity index (χ1) is 17.9. The summed E-state index contributed by atoms with van der Waals surface area (Å²) < 4.78 is 11.1. The van der Waals surface area contributed by atoms with E-state index in [1.165, 1.54) is 18.0 Å². The van der Waals surface area contributed by atoms with Crippen LogP contribution in [0.2, 0.25) is 0 Å². The lowest BCUT2D eigenvalue weighted by Gasteiger charge is -2.29. The highest BCUT2D eigenvalue weighted by atomic mass is 32.2. The molecule has 7 nitrogen and oxygen atoms in total. The first kappa shape index (κ1) is 25.9. The molecule has 1 amide bonds. The van der Waals surface area contributed by atoms with Crippen LogP contribution in [-0.4, -0.2) is 24.2 Å². The zero-order valence-electron chi connectivity index (χ0n) is 20.8. The number of thioether (sulfide) groups is 1. The van der Waals surface area contributed by atoms with Crippen LogP contribution in [0.15, 0.2) is 87.5 Å². The van der Waals surface area contributed by atoms with E-state index in [0.29, 0.717) is 16.5 Å². The molecule has 1 unspecified atom stereocenters. The van der Waals surface area contributed by atoms with Gasteiger partial charge in [0.15, 0.2) is 0 Å². The van der Waals surface area contributed by atoms with Crippen LogP contribution in [0.3, 0.4) is 0 Å². The topological polar surface area (TPSA) is 104 Å². The van der Waals surface area contributed by atoms with Crippen molar-refractivity contribution in [2.75, 3.05) is 17.7 Å². The van der Waals surface area contributed by atoms with Gasteiger partial charge in [-0.2, -0.15) is 5.26 Å². The highest BCUT2D eigenvalue weighted by Gasteiger charge is 2.38. The van der Waals surface area contributed by atoms with E-state index in [0.717, 1.165) is 22.4 Å². The first-order valence-corrected chi connectivity index (χ1v) is 12.8. The molecular weight excluding hydrogens is 486 g/mol. The van der Waals surface area contributed by atoms with Crippen LogP contribution in [0.5, 0.6) is 0 Å². The number of carbonyl (C=O) groups is 2. The van der Waals surface area contributed by atoms with Crippen LogP contribution in [0.1, 0.15) is 35.3 Å². The van der Waals surface area contributed by atoms with Crippen LogP contribution in [0.4, 0.5) is 5.69 Å². The number of hydrogen-bond acceptors (Lipinski definition) is 7. The van der Waals surface area contributed by atoms with Crippen molar-refractivity contribution in [1.29, 1.82) is 5.26 Å². The number of hydrogen-bond donors (Lipinski definition) is 2. The zero-order valence-corrected chi connectivity index (χ0v) is 21.6. The minimum absolute atomic E-state index is 0.0581. The minimum atomic E-state index is -0.792. The van der Waals surface area contributed by atoms with Crippen molar-refractivity contribution in [1.82, 2.24) is 5.32 Å². The molecule has 0 fully saturated rings. The van der Waals surface area contributed by atoms with Gasteiger partial charge in [-0.1, -0.05) is 54.2 Å². The molecule has 188 valence electrons. The van der Waals surface area contributed by atoms with Gasteiger partial charge >= 0.3 is 5.97 Å². The smallest absolute Gasteiger partial charge is 0.337 e. The molecule has 1 aliphatic heterocycles. The van der Waals surface area contributed by atoms with Crippen LogP contribution in [0, 0.1) is 25.2 Å². The number of allylic oxidation sites excluding steroid dienone is 1. The molecule has 2 heterocycles. The molecule has 0 aliphatic carbocycles. The molecule has 0 bridgehead atoms. The first-order valence-electron chi connectivity index (χ1n) is 11.8. The minimum Gasteiger partial charge on any atom is -0.468 e. The number of furan rings is 1. The fourth-order valence-corrected chi connectivity index (χ4v) is 4.93. The number of benzene rings is 2. The summed E-state index contributed by atoms with van der Waals surface area (Å²) in [6, 6.07) is 20.9. The number of rotatable bonds is 8. The monoisotopic (exact) mass is 513 g/mol. The number of esters is 1. The van der Waals surface area contributed by atoms with Crippen molar-refractivity contribution in [3.8, 4) is 6.07 Å². The van der Waals surface area contributed by atoms with Crippen LogP contribution in [-0.2, 0) is 14.3 Å². The number of nitrogens with zero attached hydrogens (tertiary/aromatic N) is 1. The zero-order chi connectivity index (χ0) is 26.4. The standard InChI is InChI=1S/C29H27N3O4S/c1-4-35-29(34)26-25(23-11-8-14-36-23)21(16-30)28(32-27(26)20-9-6-5-7-10-20)37-17-24(33)31-22-15-18(2)12-13-19(22)3/h5-15,25,32H,4,17H2,1-3H3,(H,31,33). The third kappa shape index (κ3) is 5.79. The number of anilines is 1. The van der Waals surface area contributed by atoms with Crippen molar-refractivity contribution in [3.05, 3.63) is 106 Å². The number of amides is 1. The van der Waals surface area contributed by atoms with Gasteiger partial charge in [0.1, 0.15) is 5.76 Å². The highest BCUT2D eigenvalue weighted by Crippen LogP contribution is 2.43. The number of nitriles is 1. The Balaban J connectivity index is 1.71. The summed E-state index contributed by atoms with van der Waals surface area (Å²) >= 11 is 1.20. The Morgan fingerprint density at radius 2 is 1.92 bits per heavy atom. The molecule has 0 spiro atoms. The average Bonchev–Trinajstić information content (AvgIpc) is 3.44. The molecule has 37 heavy (non-hydrogen) atoms. The van der Waals surface area contributed by atoms with Crippen molar-refractivity contribution in [3.63, 3.8) is 0 Å². The lowest BCUT2D eigenvalue weighted by Crippen LogP contribution is -2.29. The number of ether oxygens (including phenoxy) is 1. The van der Waals surface area contributed by atoms with Crippen molar-refractivity contribution in [2.24, 2.45) is 0 Å². The Hall–Kier alpha value is -4.22. The molecular formula is C29H27N3O4S. The molecule has 1 aromatic heterocycles. The third-order valence-corrected chi connectivity index (χ3v) is 6.87. The number of aryl methyl sites for hydroxylation is 2. The summed E-state index contributed by atoms with van der Waals surface area (Å²) in [5.74, 6) is -1.05. The number of dihydropyridines is 1. The fraction of sp³-hybridized carbons (Fsp3) is 0.207. The number of nitrogens with one attached hydrogen (secondary N) is 2. The van der Waals surface area contributed by atoms with Gasteiger partial charge in [-0.15, -0.1) is 0 Å². The Bertz CT molecular complexity index is 1400. The molecule has 1 aliphatic rings. The Morgan fingerprint density at radius 3 is 2.59 bits per heavy atom. The lowest BCUT2D eigenvalue weighted by atomic mass is 9.84. The summed E-state index contributed by atoms with van der Waals surface area (Å²) in [6.07, 6.45) is 1.50. The maximum Gasteiger partial charge on any atom is 0.337 e. The van der Waals surface area contributed by atoms with Crippen molar-refractivity contribution >= 4 is 35.0 Å². The Morgan fingerprint density at radius 1 is 1.14 bits per heavy atom. The maximum atomic E-state index is 13.2. The van der Waals surface area contributed by atoms with Crippen LogP contribution < -0.4 is 10.6 Å². The van der Waals surface area contributed by atoms with E-state index in [9.17, 15) is 14.9 Å². The molecule has 2 N–H and O–H groups in total. The quantitative estimate of drug-likeness (QED) is 0.374. The van der Waals surface area contributed by atoms with E-state index in [-0.39, 0.29) is 29.4 Å². The van der Waals surface area contributed by atoms with E-state index < -0.39 is 11.9 Å². The summed E-state index contributed by atoms with van der Waals surface area (Å²) in [5.41, 5.74) is 4.57. The predicted molar refractivity (Wildman–Crippen MR) is 144 cm³/mol. The second-order valence-corrected chi connectivity index (χ2v) is 9.44. The van der Waals surface area contributed by atoms with E-state index in [1.54, 1.807) is 19.1 Å². The van der Waals surface area contributed by atoms with Gasteiger partial charge in [-0.05, 0) is 55.7 Å². The van der Waals surface area contributed by atoms with E-state index in [2.05, 4.69) is 16.7 Å². The second kappa shape index (κ2) is 11.7. The molecule has 8 heteroatoms. The maximum absolute atomic E-state index is 13.2. The number of carbonyl (C=O) groups excluding carboxylic acids is 2. The molecule has 2 aromatic carbocycles. The lowest BCUT2D eigenvalue weighted by molar-refractivity contribution is -0.138. The normalized spacial score (nSPS) is 15.1. The Kier molecular flexibility index (Phi) is 8.16. The third-order valence-electron chi connectivity index (χ3n) is 5.85. The summed E-state index contributed by atoms with van der Waals surface area (Å²) in [5, 5.41) is 16.9. The van der Waals surface area contributed by atoms with Gasteiger partial charge in [0, 0.05) is 5.69 Å². The van der Waals surface area contributed by atoms with Crippen LogP contribution >= 0.6 is 11.8 Å². The van der Waals surface area contributed by atoms with Gasteiger partial charge < -0.3 is 19.8 Å². The van der Waals surface area contributed by atoms with Crippen molar-refractivity contribution < 1.29 is 18.7 Å². The SMILES string of the molecule is CCOC(=O)C1=C(c2ccccc2)NC(SCC(=O)Nc2cc(C)ccc2C)=C(C#N)C1c1ccco1. The average molecular weight is 514 g/mol. The molecule has 0 saturated carbocycles. The van der Waals surface area contributed by atoms with Gasteiger partial charge in [-0.3, -0.25) is 4.79 Å². The van der Waals surface area contributed by atoms with Gasteiger partial charge in [-0.25, -0.2) is 4.79 Å². The molecule has 3 aromatic rings. The summed E-state index contributed by atoms with van der Waals surface area (Å²) in [4.78, 5) is 26.1. The molecule has 0 radical (unpaired) electrons. The molecule has 1 atom stereocenters. The van der Waals surface area contributed by atoms with Crippen LogP contribution in [0.25, 0.3) is 5.70 Å². The summed E-state index contributed by atoms with van der Waals surface area (Å²) in [7, 11) is 0. The van der Waals surface area contributed by atoms with Gasteiger partial charge in [0.05, 0.1) is 52.5 Å². The van der Waals surface area contributed by atoms with Crippen molar-refractivity contribution in [2.45, 2.75) is 26.7 Å². The molecule has 4 rings (SSSR count). The highest BCUT2D eigenvalue weighted by molar-refractivity contribution is 8.03. The van der Waals surface area contributed by atoms with Gasteiger partial charge in [0.25, 0.3) is 0 Å². The predicted octanol–water partition coefficient (Wildman–Crippen LogP) is 5.66. The summed E-state index contributed by atoms with van der Waals surface area (Å²) in [6.45, 7) is 5.81. The largest absolute Gasteiger partial charge is 0.468 e. The fourth-order valence-electron chi connectivity index (χ4n) is 4.09. The van der Waals surface area contributed by atoms with E-state index >= 15 is 0 Å².